The van der Waals surface area contributed by atoms with Gasteiger partial charge in [0.05, 0.1) is 18.8 Å². The summed E-state index contributed by atoms with van der Waals surface area (Å²) in [4.78, 5) is 24.6. The zero-order chi connectivity index (χ0) is 22.5. The highest BCUT2D eigenvalue weighted by Gasteiger charge is 2.15. The van der Waals surface area contributed by atoms with Gasteiger partial charge < -0.3 is 15.0 Å². The number of benzene rings is 1. The molecular formula is C23H27F2N5O2. The maximum absolute atomic E-state index is 13.7. The Bertz CT molecular complexity index is 1150. The zero-order valence-corrected chi connectivity index (χ0v) is 18.1. The molecule has 170 valence electrons. The molecule has 0 aliphatic carbocycles. The number of nitrogens with one attached hydrogen (secondary N) is 1. The normalized spacial score (nSPS) is 14.3. The molecule has 0 amide bonds. The second-order valence-electron chi connectivity index (χ2n) is 7.76. The number of likely N-dealkylation sites (tertiary alicyclic amines) is 1. The molecule has 0 bridgehead atoms. The first-order chi connectivity index (χ1) is 15.6. The van der Waals surface area contributed by atoms with Crippen LogP contribution in [0, 0.1) is 11.6 Å². The van der Waals surface area contributed by atoms with Crippen LogP contribution in [0.2, 0.25) is 0 Å². The Labute approximate surface area is 185 Å². The van der Waals surface area contributed by atoms with Crippen molar-refractivity contribution in [1.29, 1.82) is 0 Å². The molecule has 1 aromatic carbocycles. The van der Waals surface area contributed by atoms with Crippen molar-refractivity contribution in [2.45, 2.75) is 26.3 Å². The van der Waals surface area contributed by atoms with E-state index in [0.717, 1.165) is 31.8 Å². The Hall–Kier alpha value is -2.91. The van der Waals surface area contributed by atoms with Crippen LogP contribution in [-0.4, -0.2) is 58.8 Å². The maximum atomic E-state index is 13.7. The van der Waals surface area contributed by atoms with E-state index in [9.17, 15) is 13.6 Å². The lowest BCUT2D eigenvalue weighted by molar-refractivity contribution is 0.139. The lowest BCUT2D eigenvalue weighted by atomic mass is 10.1. The minimum absolute atomic E-state index is 0.274. The molecule has 4 rings (SSSR count). The minimum Gasteiger partial charge on any atom is -0.380 e. The predicted octanol–water partition coefficient (Wildman–Crippen LogP) is 3.28. The summed E-state index contributed by atoms with van der Waals surface area (Å²) in [5.74, 6) is -1.60. The molecule has 0 atom stereocenters. The first-order valence-electron chi connectivity index (χ1n) is 11.0. The van der Waals surface area contributed by atoms with Crippen molar-refractivity contribution in [1.82, 2.24) is 19.4 Å². The van der Waals surface area contributed by atoms with Crippen molar-refractivity contribution < 1.29 is 13.5 Å². The highest BCUT2D eigenvalue weighted by molar-refractivity contribution is 5.76. The van der Waals surface area contributed by atoms with Gasteiger partial charge in [0.1, 0.15) is 5.52 Å². The van der Waals surface area contributed by atoms with Gasteiger partial charge in [0.15, 0.2) is 23.1 Å². The molecule has 3 heterocycles. The lowest BCUT2D eigenvalue weighted by Gasteiger charge is -2.16. The van der Waals surface area contributed by atoms with Crippen LogP contribution >= 0.6 is 0 Å². The molecule has 1 saturated heterocycles. The molecule has 0 radical (unpaired) electrons. The lowest BCUT2D eigenvalue weighted by Crippen LogP contribution is -2.31. The van der Waals surface area contributed by atoms with E-state index < -0.39 is 11.6 Å². The SMILES string of the molecule is CCOCCn1c(=O)c(NCCN2CCCC2)nc2ccc(-c3ccc(F)c(F)c3)nc21. The molecule has 0 unspecified atom stereocenters. The van der Waals surface area contributed by atoms with E-state index in [0.29, 0.717) is 48.7 Å². The Morgan fingerprint density at radius 1 is 1.06 bits per heavy atom. The Morgan fingerprint density at radius 3 is 2.62 bits per heavy atom. The molecule has 7 nitrogen and oxygen atoms in total. The van der Waals surface area contributed by atoms with Gasteiger partial charge in [0.2, 0.25) is 0 Å². The number of anilines is 1. The number of aromatic nitrogens is 3. The summed E-state index contributed by atoms with van der Waals surface area (Å²) < 4.78 is 34.0. The van der Waals surface area contributed by atoms with Crippen molar-refractivity contribution in [3.8, 4) is 11.3 Å². The fraction of sp³-hybridized carbons (Fsp3) is 0.435. The van der Waals surface area contributed by atoms with Crippen LogP contribution in [0.5, 0.6) is 0 Å². The number of hydrogen-bond acceptors (Lipinski definition) is 6. The predicted molar refractivity (Wildman–Crippen MR) is 120 cm³/mol. The topological polar surface area (TPSA) is 72.3 Å². The third-order valence-corrected chi connectivity index (χ3v) is 5.59. The van der Waals surface area contributed by atoms with Gasteiger partial charge in [0, 0.05) is 25.3 Å². The van der Waals surface area contributed by atoms with Gasteiger partial charge in [-0.3, -0.25) is 9.36 Å². The molecule has 1 N–H and O–H groups in total. The van der Waals surface area contributed by atoms with Crippen molar-refractivity contribution in [2.75, 3.05) is 44.7 Å². The minimum atomic E-state index is -0.950. The number of hydrogen-bond donors (Lipinski definition) is 1. The number of rotatable bonds is 9. The molecule has 2 aromatic heterocycles. The largest absolute Gasteiger partial charge is 0.380 e. The number of ether oxygens (including phenoxy) is 1. The highest BCUT2D eigenvalue weighted by atomic mass is 19.2. The number of halogens is 2. The molecule has 1 aliphatic heterocycles. The Morgan fingerprint density at radius 2 is 1.88 bits per heavy atom. The van der Waals surface area contributed by atoms with Crippen LogP contribution in [0.1, 0.15) is 19.8 Å². The van der Waals surface area contributed by atoms with Crippen molar-refractivity contribution >= 4 is 17.0 Å². The van der Waals surface area contributed by atoms with Crippen LogP contribution in [0.3, 0.4) is 0 Å². The molecule has 3 aromatic rings. The van der Waals surface area contributed by atoms with Gasteiger partial charge in [-0.25, -0.2) is 18.7 Å². The fourth-order valence-electron chi connectivity index (χ4n) is 3.90. The average molecular weight is 443 g/mol. The monoisotopic (exact) mass is 443 g/mol. The zero-order valence-electron chi connectivity index (χ0n) is 18.1. The Balaban J connectivity index is 1.67. The molecule has 0 spiro atoms. The summed E-state index contributed by atoms with van der Waals surface area (Å²) in [6.07, 6.45) is 2.43. The van der Waals surface area contributed by atoms with Crippen molar-refractivity contribution in [3.63, 3.8) is 0 Å². The summed E-state index contributed by atoms with van der Waals surface area (Å²) in [6.45, 7) is 6.72. The molecule has 0 saturated carbocycles. The van der Waals surface area contributed by atoms with Crippen LogP contribution in [0.15, 0.2) is 35.1 Å². The van der Waals surface area contributed by atoms with E-state index >= 15 is 0 Å². The van der Waals surface area contributed by atoms with E-state index in [-0.39, 0.29) is 11.4 Å². The fourth-order valence-corrected chi connectivity index (χ4v) is 3.90. The molecule has 9 heteroatoms. The maximum Gasteiger partial charge on any atom is 0.295 e. The van der Waals surface area contributed by atoms with Gasteiger partial charge in [-0.1, -0.05) is 0 Å². The standard InChI is InChI=1S/C23H27F2N5O2/c1-2-32-14-13-30-22-20(8-7-19(28-22)16-5-6-17(24)18(25)15-16)27-21(23(30)31)26-9-12-29-10-3-4-11-29/h5-8,15H,2-4,9-14H2,1H3,(H,26,27). The van der Waals surface area contributed by atoms with Crippen LogP contribution in [-0.2, 0) is 11.3 Å². The number of pyridine rings is 1. The van der Waals surface area contributed by atoms with E-state index in [1.165, 1.54) is 23.5 Å². The summed E-state index contributed by atoms with van der Waals surface area (Å²) in [5.41, 5.74) is 1.48. The quantitative estimate of drug-likeness (QED) is 0.512. The van der Waals surface area contributed by atoms with Gasteiger partial charge in [-0.2, -0.15) is 0 Å². The van der Waals surface area contributed by atoms with Gasteiger partial charge in [-0.15, -0.1) is 0 Å². The van der Waals surface area contributed by atoms with Gasteiger partial charge >= 0.3 is 0 Å². The van der Waals surface area contributed by atoms with Gasteiger partial charge in [-0.05, 0) is 63.2 Å². The van der Waals surface area contributed by atoms with Crippen LogP contribution in [0.4, 0.5) is 14.6 Å². The average Bonchev–Trinajstić information content (AvgIpc) is 3.31. The molecule has 1 fully saturated rings. The van der Waals surface area contributed by atoms with Gasteiger partial charge in [0.25, 0.3) is 5.56 Å². The highest BCUT2D eigenvalue weighted by Crippen LogP contribution is 2.22. The summed E-state index contributed by atoms with van der Waals surface area (Å²) >= 11 is 0. The van der Waals surface area contributed by atoms with E-state index in [2.05, 4.69) is 20.2 Å². The summed E-state index contributed by atoms with van der Waals surface area (Å²) in [5, 5.41) is 3.18. The molecular weight excluding hydrogens is 416 g/mol. The van der Waals surface area contributed by atoms with E-state index in [1.807, 2.05) is 6.92 Å². The van der Waals surface area contributed by atoms with E-state index in [1.54, 1.807) is 12.1 Å². The first-order valence-corrected chi connectivity index (χ1v) is 11.0. The van der Waals surface area contributed by atoms with E-state index in [4.69, 9.17) is 4.74 Å². The number of nitrogens with zero attached hydrogens (tertiary/aromatic N) is 4. The second-order valence-corrected chi connectivity index (χ2v) is 7.76. The third-order valence-electron chi connectivity index (χ3n) is 5.59. The third kappa shape index (κ3) is 4.94. The molecule has 32 heavy (non-hydrogen) atoms. The Kier molecular flexibility index (Phi) is 7.06. The molecule has 1 aliphatic rings. The first kappa shape index (κ1) is 22.3. The van der Waals surface area contributed by atoms with Crippen molar-refractivity contribution in [3.05, 3.63) is 52.3 Å². The smallest absolute Gasteiger partial charge is 0.295 e. The summed E-state index contributed by atoms with van der Waals surface area (Å²) in [7, 11) is 0. The van der Waals surface area contributed by atoms with Crippen molar-refractivity contribution in [2.24, 2.45) is 0 Å². The second kappa shape index (κ2) is 10.1. The van der Waals surface area contributed by atoms with Crippen LogP contribution < -0.4 is 10.9 Å². The summed E-state index contributed by atoms with van der Waals surface area (Å²) in [6, 6.07) is 7.03. The van der Waals surface area contributed by atoms with Crippen LogP contribution in [0.25, 0.3) is 22.4 Å². The number of fused-ring (bicyclic) bond motifs is 1.